The Morgan fingerprint density at radius 2 is 1.73 bits per heavy atom. The van der Waals surface area contributed by atoms with Gasteiger partial charge in [-0.2, -0.15) is 4.31 Å². The van der Waals surface area contributed by atoms with Crippen LogP contribution in [-0.4, -0.2) is 49.7 Å². The summed E-state index contributed by atoms with van der Waals surface area (Å²) in [7, 11) is -3.67. The van der Waals surface area contributed by atoms with Gasteiger partial charge in [0.05, 0.1) is 4.90 Å². The number of carbonyl (C=O) groups excluding carboxylic acids is 2. The van der Waals surface area contributed by atoms with Gasteiger partial charge in [0, 0.05) is 37.5 Å². The fraction of sp³-hybridized carbons (Fsp3) is 0.364. The molecule has 0 bridgehead atoms. The van der Waals surface area contributed by atoms with Gasteiger partial charge >= 0.3 is 0 Å². The normalized spacial score (nSPS) is 16.2. The van der Waals surface area contributed by atoms with E-state index in [9.17, 15) is 26.8 Å². The second kappa shape index (κ2) is 10.6. The summed E-state index contributed by atoms with van der Waals surface area (Å²) in [6, 6.07) is 7.93. The largest absolute Gasteiger partial charge is 0.351 e. The summed E-state index contributed by atoms with van der Waals surface area (Å²) in [6.45, 7) is 1.68. The summed E-state index contributed by atoms with van der Waals surface area (Å²) in [5.74, 6) is -2.96. The van der Waals surface area contributed by atoms with Gasteiger partial charge in [0.2, 0.25) is 21.8 Å². The number of piperidine rings is 1. The fourth-order valence-electron chi connectivity index (χ4n) is 3.65. The van der Waals surface area contributed by atoms with Crippen molar-refractivity contribution >= 4 is 33.4 Å². The van der Waals surface area contributed by atoms with E-state index in [0.717, 1.165) is 12.1 Å². The molecule has 1 atom stereocenters. The first kappa shape index (κ1) is 25.1. The van der Waals surface area contributed by atoms with Crippen molar-refractivity contribution < 1.29 is 26.8 Å². The average molecular weight is 500 g/mol. The molecule has 2 N–H and O–H groups in total. The lowest BCUT2D eigenvalue weighted by Gasteiger charge is -2.32. The highest BCUT2D eigenvalue weighted by Gasteiger charge is 2.31. The summed E-state index contributed by atoms with van der Waals surface area (Å²) in [6.07, 6.45) is 0.749. The van der Waals surface area contributed by atoms with Crippen LogP contribution in [0.4, 0.5) is 8.78 Å². The van der Waals surface area contributed by atoms with E-state index in [2.05, 4.69) is 10.6 Å². The molecule has 1 aliphatic heterocycles. The van der Waals surface area contributed by atoms with Crippen LogP contribution in [0.2, 0.25) is 5.02 Å². The Labute approximate surface area is 196 Å². The van der Waals surface area contributed by atoms with Crippen molar-refractivity contribution in [1.82, 2.24) is 14.9 Å². The lowest BCUT2D eigenvalue weighted by Crippen LogP contribution is -2.53. The topological polar surface area (TPSA) is 95.6 Å². The summed E-state index contributed by atoms with van der Waals surface area (Å²) >= 11 is 5.83. The van der Waals surface area contributed by atoms with Crippen molar-refractivity contribution in [3.8, 4) is 0 Å². The Bertz CT molecular complexity index is 1120. The van der Waals surface area contributed by atoms with Crippen LogP contribution in [0, 0.1) is 11.6 Å². The maximum atomic E-state index is 13.5. The predicted molar refractivity (Wildman–Crippen MR) is 119 cm³/mol. The Morgan fingerprint density at radius 1 is 1.09 bits per heavy atom. The second-order valence-corrected chi connectivity index (χ2v) is 10.2. The van der Waals surface area contributed by atoms with Gasteiger partial charge < -0.3 is 10.6 Å². The number of hydrogen-bond acceptors (Lipinski definition) is 4. The highest BCUT2D eigenvalue weighted by Crippen LogP contribution is 2.22. The van der Waals surface area contributed by atoms with E-state index < -0.39 is 39.5 Å². The van der Waals surface area contributed by atoms with Crippen LogP contribution < -0.4 is 10.6 Å². The molecule has 0 aromatic heterocycles. The Hall–Kier alpha value is -2.56. The van der Waals surface area contributed by atoms with Crippen LogP contribution in [0.25, 0.3) is 0 Å². The molecule has 0 unspecified atom stereocenters. The van der Waals surface area contributed by atoms with Gasteiger partial charge in [0.15, 0.2) is 11.6 Å². The SMILES string of the molecule is CC(=O)N[C@H](Cc1ccc(F)c(F)c1)C(=O)NC1CCN(S(=O)(=O)c2ccc(Cl)cc2)CC1. The molecule has 33 heavy (non-hydrogen) atoms. The third-order valence-electron chi connectivity index (χ3n) is 5.37. The number of benzene rings is 2. The molecule has 0 saturated carbocycles. The van der Waals surface area contributed by atoms with Gasteiger partial charge in [-0.3, -0.25) is 9.59 Å². The highest BCUT2D eigenvalue weighted by atomic mass is 35.5. The number of amides is 2. The first-order chi connectivity index (χ1) is 15.6. The molecular weight excluding hydrogens is 476 g/mol. The van der Waals surface area contributed by atoms with Crippen LogP contribution in [0.15, 0.2) is 47.4 Å². The number of halogens is 3. The Balaban J connectivity index is 1.61. The van der Waals surface area contributed by atoms with Crippen LogP contribution >= 0.6 is 11.6 Å². The van der Waals surface area contributed by atoms with Crippen molar-refractivity contribution in [1.29, 1.82) is 0 Å². The second-order valence-electron chi connectivity index (χ2n) is 7.85. The van der Waals surface area contributed by atoms with E-state index in [0.29, 0.717) is 23.4 Å². The first-order valence-corrected chi connectivity index (χ1v) is 12.1. The van der Waals surface area contributed by atoms with Crippen molar-refractivity contribution in [2.24, 2.45) is 0 Å². The van der Waals surface area contributed by atoms with E-state index in [1.807, 2.05) is 0 Å². The quantitative estimate of drug-likeness (QED) is 0.612. The summed E-state index contributed by atoms with van der Waals surface area (Å²) in [4.78, 5) is 24.5. The van der Waals surface area contributed by atoms with E-state index in [4.69, 9.17) is 11.6 Å². The molecule has 0 radical (unpaired) electrons. The fourth-order valence-corrected chi connectivity index (χ4v) is 5.25. The lowest BCUT2D eigenvalue weighted by atomic mass is 10.0. The Morgan fingerprint density at radius 3 is 2.30 bits per heavy atom. The van der Waals surface area contributed by atoms with Crippen LogP contribution in [0.1, 0.15) is 25.3 Å². The van der Waals surface area contributed by atoms with Gasteiger partial charge in [-0.1, -0.05) is 17.7 Å². The molecule has 2 amide bonds. The van der Waals surface area contributed by atoms with Crippen molar-refractivity contribution in [3.63, 3.8) is 0 Å². The smallest absolute Gasteiger partial charge is 0.243 e. The molecule has 178 valence electrons. The number of nitrogens with zero attached hydrogens (tertiary/aromatic N) is 1. The van der Waals surface area contributed by atoms with E-state index in [-0.39, 0.29) is 30.4 Å². The summed E-state index contributed by atoms with van der Waals surface area (Å²) in [5, 5.41) is 5.79. The molecule has 3 rings (SSSR count). The molecule has 2 aromatic carbocycles. The standard InChI is InChI=1S/C22H24ClF2N3O4S/c1-14(29)26-21(13-15-2-7-19(24)20(25)12-15)22(30)27-17-8-10-28(11-9-17)33(31,32)18-5-3-16(23)4-6-18/h2-7,12,17,21H,8-11,13H2,1H3,(H,26,29)(H,27,30)/t21-/m1/s1. The number of carbonyl (C=O) groups is 2. The monoisotopic (exact) mass is 499 g/mol. The molecule has 1 fully saturated rings. The minimum Gasteiger partial charge on any atom is -0.351 e. The van der Waals surface area contributed by atoms with Crippen molar-refractivity contribution in [3.05, 3.63) is 64.7 Å². The van der Waals surface area contributed by atoms with Crippen LogP contribution in [0.5, 0.6) is 0 Å². The average Bonchev–Trinajstić information content (AvgIpc) is 2.76. The molecule has 0 spiro atoms. The van der Waals surface area contributed by atoms with Crippen molar-refractivity contribution in [2.45, 2.75) is 43.2 Å². The van der Waals surface area contributed by atoms with Gasteiger partial charge in [0.1, 0.15) is 6.04 Å². The molecule has 0 aliphatic carbocycles. The summed E-state index contributed by atoms with van der Waals surface area (Å²) < 4.78 is 53.7. The molecule has 1 aliphatic rings. The maximum Gasteiger partial charge on any atom is 0.243 e. The molecular formula is C22H24ClF2N3O4S. The van der Waals surface area contributed by atoms with Gasteiger partial charge in [-0.25, -0.2) is 17.2 Å². The zero-order valence-electron chi connectivity index (χ0n) is 17.9. The Kier molecular flexibility index (Phi) is 8.04. The number of sulfonamides is 1. The van der Waals surface area contributed by atoms with Crippen molar-refractivity contribution in [2.75, 3.05) is 13.1 Å². The van der Waals surface area contributed by atoms with Crippen LogP contribution in [0.3, 0.4) is 0 Å². The highest BCUT2D eigenvalue weighted by molar-refractivity contribution is 7.89. The third-order valence-corrected chi connectivity index (χ3v) is 7.53. The summed E-state index contributed by atoms with van der Waals surface area (Å²) in [5.41, 5.74) is 0.353. The van der Waals surface area contributed by atoms with Crippen LogP contribution in [-0.2, 0) is 26.0 Å². The zero-order valence-corrected chi connectivity index (χ0v) is 19.4. The maximum absolute atomic E-state index is 13.5. The van der Waals surface area contributed by atoms with Gasteiger partial charge in [0.25, 0.3) is 0 Å². The first-order valence-electron chi connectivity index (χ1n) is 10.3. The van der Waals surface area contributed by atoms with E-state index in [1.54, 1.807) is 0 Å². The molecule has 7 nitrogen and oxygen atoms in total. The predicted octanol–water partition coefficient (Wildman–Crippen LogP) is 2.63. The minimum absolute atomic E-state index is 0.0214. The van der Waals surface area contributed by atoms with Gasteiger partial charge in [-0.15, -0.1) is 0 Å². The number of nitrogens with one attached hydrogen (secondary N) is 2. The molecule has 1 saturated heterocycles. The lowest BCUT2D eigenvalue weighted by molar-refractivity contribution is -0.128. The minimum atomic E-state index is -3.67. The van der Waals surface area contributed by atoms with E-state index in [1.165, 1.54) is 41.6 Å². The third kappa shape index (κ3) is 6.49. The number of rotatable bonds is 7. The van der Waals surface area contributed by atoms with Gasteiger partial charge in [-0.05, 0) is 54.8 Å². The number of hydrogen-bond donors (Lipinski definition) is 2. The zero-order chi connectivity index (χ0) is 24.2. The molecule has 1 heterocycles. The van der Waals surface area contributed by atoms with E-state index >= 15 is 0 Å². The molecule has 2 aromatic rings. The molecule has 11 heteroatoms.